The highest BCUT2D eigenvalue weighted by Gasteiger charge is 2.31. The van der Waals surface area contributed by atoms with Crippen molar-refractivity contribution in [3.05, 3.63) is 51.2 Å². The van der Waals surface area contributed by atoms with Crippen LogP contribution in [0.2, 0.25) is 0 Å². The Bertz CT molecular complexity index is 625. The van der Waals surface area contributed by atoms with Gasteiger partial charge in [-0.3, -0.25) is 5.84 Å². The van der Waals surface area contributed by atoms with Crippen molar-refractivity contribution in [2.75, 3.05) is 7.11 Å². The first kappa shape index (κ1) is 15.8. The van der Waals surface area contributed by atoms with Crippen LogP contribution in [0.4, 0.5) is 13.2 Å². The van der Waals surface area contributed by atoms with Gasteiger partial charge >= 0.3 is 6.18 Å². The van der Waals surface area contributed by atoms with Crippen molar-refractivity contribution in [3.8, 4) is 5.75 Å². The molecule has 1 aromatic carbocycles. The van der Waals surface area contributed by atoms with Crippen molar-refractivity contribution >= 4 is 11.3 Å². The van der Waals surface area contributed by atoms with Crippen LogP contribution in [-0.4, -0.2) is 7.11 Å². The van der Waals surface area contributed by atoms with E-state index in [1.165, 1.54) is 17.4 Å². The van der Waals surface area contributed by atoms with E-state index in [1.54, 1.807) is 20.1 Å². The topological polar surface area (TPSA) is 47.3 Å². The van der Waals surface area contributed by atoms with Gasteiger partial charge < -0.3 is 4.74 Å². The van der Waals surface area contributed by atoms with Gasteiger partial charge in [-0.25, -0.2) is 5.43 Å². The number of nitrogens with two attached hydrogens (primary N) is 1. The molecule has 2 rings (SSSR count). The number of benzene rings is 1. The monoisotopic (exact) mass is 316 g/mol. The summed E-state index contributed by atoms with van der Waals surface area (Å²) in [6, 6.07) is 5.01. The molecule has 114 valence electrons. The van der Waals surface area contributed by atoms with E-state index in [0.717, 1.165) is 17.0 Å². The van der Waals surface area contributed by atoms with Crippen molar-refractivity contribution in [1.29, 1.82) is 0 Å². The maximum absolute atomic E-state index is 12.7. The van der Waals surface area contributed by atoms with Crippen LogP contribution in [0.3, 0.4) is 0 Å². The molecular weight excluding hydrogens is 301 g/mol. The fourth-order valence-electron chi connectivity index (χ4n) is 2.17. The molecule has 0 amide bonds. The lowest BCUT2D eigenvalue weighted by atomic mass is 9.97. The van der Waals surface area contributed by atoms with E-state index < -0.39 is 17.8 Å². The Kier molecular flexibility index (Phi) is 4.55. The second-order valence-electron chi connectivity index (χ2n) is 4.52. The molecule has 0 radical (unpaired) electrons. The van der Waals surface area contributed by atoms with Gasteiger partial charge in [-0.15, -0.1) is 11.3 Å². The number of hydrogen-bond acceptors (Lipinski definition) is 4. The number of hydrazine groups is 1. The molecular formula is C14H15F3N2OS. The van der Waals surface area contributed by atoms with E-state index in [4.69, 9.17) is 10.6 Å². The maximum atomic E-state index is 12.7. The summed E-state index contributed by atoms with van der Waals surface area (Å²) in [7, 11) is 1.54. The quantitative estimate of drug-likeness (QED) is 0.669. The highest BCUT2D eigenvalue weighted by Crippen LogP contribution is 2.37. The third-order valence-electron chi connectivity index (χ3n) is 3.21. The van der Waals surface area contributed by atoms with Crippen molar-refractivity contribution < 1.29 is 17.9 Å². The van der Waals surface area contributed by atoms with Gasteiger partial charge in [-0.05, 0) is 41.6 Å². The van der Waals surface area contributed by atoms with Crippen LogP contribution in [0.25, 0.3) is 0 Å². The number of methoxy groups -OCH3 is 1. The van der Waals surface area contributed by atoms with Gasteiger partial charge in [0, 0.05) is 0 Å². The molecule has 21 heavy (non-hydrogen) atoms. The number of halogens is 3. The molecule has 0 spiro atoms. The second kappa shape index (κ2) is 6.05. The van der Waals surface area contributed by atoms with Crippen LogP contribution in [0, 0.1) is 6.92 Å². The Labute approximate surface area is 124 Å². The van der Waals surface area contributed by atoms with Crippen molar-refractivity contribution in [2.24, 2.45) is 5.84 Å². The van der Waals surface area contributed by atoms with Crippen LogP contribution in [-0.2, 0) is 6.18 Å². The molecule has 1 unspecified atom stereocenters. The predicted octanol–water partition coefficient (Wildman–Crippen LogP) is 3.64. The van der Waals surface area contributed by atoms with E-state index in [1.807, 2.05) is 5.38 Å². The molecule has 3 N–H and O–H groups in total. The standard InChI is InChI=1S/C14H15F3N2OS/c1-8-7-9(14(15,16)17)3-4-10(8)12(19-18)13-11(20-2)5-6-21-13/h3-7,12,19H,18H2,1-2H3. The molecule has 3 nitrogen and oxygen atoms in total. The second-order valence-corrected chi connectivity index (χ2v) is 5.47. The first-order chi connectivity index (χ1) is 9.88. The average molecular weight is 316 g/mol. The lowest BCUT2D eigenvalue weighted by Crippen LogP contribution is -2.29. The minimum Gasteiger partial charge on any atom is -0.496 e. The third kappa shape index (κ3) is 3.20. The smallest absolute Gasteiger partial charge is 0.416 e. The summed E-state index contributed by atoms with van der Waals surface area (Å²) in [6.07, 6.45) is -4.35. The summed E-state index contributed by atoms with van der Waals surface area (Å²) in [4.78, 5) is 0.822. The number of alkyl halides is 3. The molecule has 1 heterocycles. The molecule has 0 fully saturated rings. The van der Waals surface area contributed by atoms with Crippen LogP contribution in [0.1, 0.15) is 27.6 Å². The fraction of sp³-hybridized carbons (Fsp3) is 0.286. The first-order valence-corrected chi connectivity index (χ1v) is 7.01. The zero-order valence-corrected chi connectivity index (χ0v) is 12.3. The minimum atomic E-state index is -4.35. The zero-order valence-electron chi connectivity index (χ0n) is 11.5. The van der Waals surface area contributed by atoms with Gasteiger partial charge in [0.15, 0.2) is 0 Å². The Morgan fingerprint density at radius 1 is 1.29 bits per heavy atom. The summed E-state index contributed by atoms with van der Waals surface area (Å²) in [6.45, 7) is 1.63. The lowest BCUT2D eigenvalue weighted by molar-refractivity contribution is -0.137. The van der Waals surface area contributed by atoms with Crippen LogP contribution in [0.5, 0.6) is 5.75 Å². The van der Waals surface area contributed by atoms with E-state index >= 15 is 0 Å². The number of thiophene rings is 1. The van der Waals surface area contributed by atoms with E-state index in [2.05, 4.69) is 5.43 Å². The number of nitrogens with one attached hydrogen (secondary N) is 1. The van der Waals surface area contributed by atoms with Crippen molar-refractivity contribution in [2.45, 2.75) is 19.1 Å². The summed E-state index contributed by atoms with van der Waals surface area (Å²) in [5, 5.41) is 1.85. The molecule has 0 aliphatic heterocycles. The van der Waals surface area contributed by atoms with Crippen molar-refractivity contribution in [3.63, 3.8) is 0 Å². The Morgan fingerprint density at radius 3 is 2.52 bits per heavy atom. The van der Waals surface area contributed by atoms with Gasteiger partial charge in [0.05, 0.1) is 23.6 Å². The molecule has 0 aliphatic carbocycles. The molecule has 0 saturated carbocycles. The number of ether oxygens (including phenoxy) is 1. The fourth-order valence-corrected chi connectivity index (χ4v) is 3.11. The van der Waals surface area contributed by atoms with Gasteiger partial charge in [0.25, 0.3) is 0 Å². The summed E-state index contributed by atoms with van der Waals surface area (Å²) in [5.41, 5.74) is 3.18. The van der Waals surface area contributed by atoms with Crippen molar-refractivity contribution in [1.82, 2.24) is 5.43 Å². The SMILES string of the molecule is COc1ccsc1C(NN)c1ccc(C(F)(F)F)cc1C. The van der Waals surface area contributed by atoms with Gasteiger partial charge in [-0.2, -0.15) is 13.2 Å². The third-order valence-corrected chi connectivity index (χ3v) is 4.18. The molecule has 0 bridgehead atoms. The Hall–Kier alpha value is -1.57. The van der Waals surface area contributed by atoms with E-state index in [9.17, 15) is 13.2 Å². The number of hydrogen-bond donors (Lipinski definition) is 2. The zero-order chi connectivity index (χ0) is 15.6. The molecule has 1 atom stereocenters. The Balaban J connectivity index is 2.44. The van der Waals surface area contributed by atoms with E-state index in [0.29, 0.717) is 16.9 Å². The van der Waals surface area contributed by atoms with Gasteiger partial charge in [-0.1, -0.05) is 6.07 Å². The predicted molar refractivity (Wildman–Crippen MR) is 76.2 cm³/mol. The van der Waals surface area contributed by atoms with Gasteiger partial charge in [0.2, 0.25) is 0 Å². The largest absolute Gasteiger partial charge is 0.496 e. The number of rotatable bonds is 4. The molecule has 0 aliphatic rings. The lowest BCUT2D eigenvalue weighted by Gasteiger charge is -2.19. The van der Waals surface area contributed by atoms with Gasteiger partial charge in [0.1, 0.15) is 5.75 Å². The maximum Gasteiger partial charge on any atom is 0.416 e. The minimum absolute atomic E-state index is 0.415. The summed E-state index contributed by atoms with van der Waals surface area (Å²) < 4.78 is 43.4. The highest BCUT2D eigenvalue weighted by atomic mass is 32.1. The average Bonchev–Trinajstić information content (AvgIpc) is 2.88. The summed E-state index contributed by atoms with van der Waals surface area (Å²) in [5.74, 6) is 6.25. The summed E-state index contributed by atoms with van der Waals surface area (Å²) >= 11 is 1.43. The normalized spacial score (nSPS) is 13.2. The van der Waals surface area contributed by atoms with Crippen LogP contribution in [0.15, 0.2) is 29.6 Å². The highest BCUT2D eigenvalue weighted by molar-refractivity contribution is 7.10. The Morgan fingerprint density at radius 2 is 2.00 bits per heavy atom. The molecule has 2 aromatic rings. The number of aryl methyl sites for hydroxylation is 1. The molecule has 7 heteroatoms. The molecule has 1 aromatic heterocycles. The van der Waals surface area contributed by atoms with Crippen LogP contribution < -0.4 is 16.0 Å². The first-order valence-electron chi connectivity index (χ1n) is 6.13. The van der Waals surface area contributed by atoms with E-state index in [-0.39, 0.29) is 0 Å². The molecule has 0 saturated heterocycles. The van der Waals surface area contributed by atoms with Crippen LogP contribution >= 0.6 is 11.3 Å².